The number of fused-ring (bicyclic) bond motifs is 1. The van der Waals surface area contributed by atoms with Gasteiger partial charge in [-0.15, -0.1) is 6.58 Å². The average molecular weight is 429 g/mol. The van der Waals surface area contributed by atoms with Gasteiger partial charge in [0.1, 0.15) is 0 Å². The minimum Gasteiger partial charge on any atom is -0.312 e. The number of sulfone groups is 1. The molecule has 0 aliphatic heterocycles. The Balaban J connectivity index is 2.13. The number of thiazole rings is 1. The molecule has 0 atom stereocenters. The van der Waals surface area contributed by atoms with E-state index < -0.39 is 21.0 Å². The molecule has 1 heterocycles. The van der Waals surface area contributed by atoms with Crippen molar-refractivity contribution in [2.75, 3.05) is 0 Å². The minimum atomic E-state index is -3.46. The number of carbonyl (C=O) groups excluding carboxylic acids is 1. The zero-order valence-corrected chi connectivity index (χ0v) is 18.6. The van der Waals surface area contributed by atoms with Crippen molar-refractivity contribution in [3.05, 3.63) is 70.5 Å². The predicted molar refractivity (Wildman–Crippen MR) is 118 cm³/mol. The number of hydrogen-bond acceptors (Lipinski definition) is 4. The summed E-state index contributed by atoms with van der Waals surface area (Å²) in [6, 6.07) is 10.3. The van der Waals surface area contributed by atoms with Crippen molar-refractivity contribution >= 4 is 37.3 Å². The van der Waals surface area contributed by atoms with Gasteiger partial charge in [-0.05, 0) is 69.2 Å². The molecular formula is C22H24N2O3S2. The fourth-order valence-corrected chi connectivity index (χ4v) is 5.16. The minimum absolute atomic E-state index is 0.134. The lowest BCUT2D eigenvalue weighted by atomic mass is 10.1. The highest BCUT2D eigenvalue weighted by molar-refractivity contribution is 7.92. The number of aromatic nitrogens is 1. The predicted octanol–water partition coefficient (Wildman–Crippen LogP) is 4.43. The summed E-state index contributed by atoms with van der Waals surface area (Å²) in [7, 11) is -3.46. The number of aryl methyl sites for hydroxylation is 2. The first-order valence-electron chi connectivity index (χ1n) is 9.29. The Kier molecular flexibility index (Phi) is 5.91. The number of hydrogen-bond donors (Lipinski definition) is 0. The summed E-state index contributed by atoms with van der Waals surface area (Å²) in [4.78, 5) is 17.8. The molecule has 0 fully saturated rings. The van der Waals surface area contributed by atoms with Crippen molar-refractivity contribution in [3.63, 3.8) is 0 Å². The van der Waals surface area contributed by atoms with Gasteiger partial charge in [-0.25, -0.2) is 8.42 Å². The number of amides is 1. The standard InChI is InChI=1S/C22H24N2O3S2/c1-6-10-24-19-11-15(4)16(5)12-20(19)28-22(24)23-21(25)17-8-7-9-18(13-17)29(26,27)14(2)3/h6-9,11-14H,1,10H2,2-5H3. The van der Waals surface area contributed by atoms with Crippen LogP contribution in [-0.2, 0) is 16.4 Å². The van der Waals surface area contributed by atoms with Crippen molar-refractivity contribution in [3.8, 4) is 0 Å². The van der Waals surface area contributed by atoms with Crippen molar-refractivity contribution in [2.45, 2.75) is 44.4 Å². The second-order valence-corrected chi connectivity index (χ2v) is 10.7. The SMILES string of the molecule is C=CCn1c(=NC(=O)c2cccc(S(=O)(=O)C(C)C)c2)sc2cc(C)c(C)cc21. The molecule has 1 amide bonds. The van der Waals surface area contributed by atoms with E-state index in [1.165, 1.54) is 29.0 Å². The number of rotatable bonds is 5. The Labute approximate surface area is 175 Å². The molecule has 0 spiro atoms. The van der Waals surface area contributed by atoms with Gasteiger partial charge in [0.2, 0.25) is 0 Å². The van der Waals surface area contributed by atoms with Gasteiger partial charge in [-0.3, -0.25) is 4.79 Å². The topological polar surface area (TPSA) is 68.5 Å². The van der Waals surface area contributed by atoms with Gasteiger partial charge in [0.25, 0.3) is 5.91 Å². The molecule has 0 bridgehead atoms. The van der Waals surface area contributed by atoms with Crippen LogP contribution >= 0.6 is 11.3 Å². The molecule has 0 aliphatic rings. The molecule has 0 aliphatic carbocycles. The van der Waals surface area contributed by atoms with Gasteiger partial charge >= 0.3 is 0 Å². The number of benzene rings is 2. The van der Waals surface area contributed by atoms with Crippen LogP contribution in [0.2, 0.25) is 0 Å². The first-order valence-corrected chi connectivity index (χ1v) is 11.7. The molecule has 29 heavy (non-hydrogen) atoms. The van der Waals surface area contributed by atoms with Crippen LogP contribution in [0.5, 0.6) is 0 Å². The molecule has 0 N–H and O–H groups in total. The lowest BCUT2D eigenvalue weighted by molar-refractivity contribution is 0.0997. The summed E-state index contributed by atoms with van der Waals surface area (Å²) in [5.41, 5.74) is 3.59. The molecule has 0 saturated carbocycles. The highest BCUT2D eigenvalue weighted by atomic mass is 32.2. The van der Waals surface area contributed by atoms with E-state index in [1.807, 2.05) is 11.5 Å². The maximum absolute atomic E-state index is 12.8. The summed E-state index contributed by atoms with van der Waals surface area (Å²) in [5, 5.41) is -0.561. The van der Waals surface area contributed by atoms with Crippen molar-refractivity contribution in [1.29, 1.82) is 0 Å². The van der Waals surface area contributed by atoms with Crippen LogP contribution < -0.4 is 4.80 Å². The van der Waals surface area contributed by atoms with Gasteiger partial charge in [-0.1, -0.05) is 23.5 Å². The lowest BCUT2D eigenvalue weighted by Gasteiger charge is -2.08. The third kappa shape index (κ3) is 4.11. The number of allylic oxidation sites excluding steroid dienone is 1. The second kappa shape index (κ2) is 8.08. The van der Waals surface area contributed by atoms with Crippen molar-refractivity contribution < 1.29 is 13.2 Å². The highest BCUT2D eigenvalue weighted by Gasteiger charge is 2.20. The van der Waals surface area contributed by atoms with Crippen molar-refractivity contribution in [2.24, 2.45) is 4.99 Å². The Morgan fingerprint density at radius 1 is 1.21 bits per heavy atom. The molecule has 3 aromatic rings. The zero-order chi connectivity index (χ0) is 21.3. The van der Waals surface area contributed by atoms with Gasteiger partial charge in [-0.2, -0.15) is 4.99 Å². The molecular weight excluding hydrogens is 404 g/mol. The van der Waals surface area contributed by atoms with E-state index in [2.05, 4.69) is 30.6 Å². The molecule has 152 valence electrons. The van der Waals surface area contributed by atoms with Crippen LogP contribution in [0.25, 0.3) is 10.2 Å². The monoisotopic (exact) mass is 428 g/mol. The normalized spacial score (nSPS) is 12.7. The third-order valence-electron chi connectivity index (χ3n) is 4.84. The maximum Gasteiger partial charge on any atom is 0.279 e. The molecule has 2 aromatic carbocycles. The van der Waals surface area contributed by atoms with E-state index in [0.29, 0.717) is 11.3 Å². The molecule has 5 nitrogen and oxygen atoms in total. The zero-order valence-electron chi connectivity index (χ0n) is 17.0. The first kappa shape index (κ1) is 21.2. The van der Waals surface area contributed by atoms with Crippen molar-refractivity contribution in [1.82, 2.24) is 4.57 Å². The summed E-state index contributed by atoms with van der Waals surface area (Å²) < 4.78 is 27.9. The van der Waals surface area contributed by atoms with E-state index in [4.69, 9.17) is 0 Å². The Morgan fingerprint density at radius 3 is 2.55 bits per heavy atom. The third-order valence-corrected chi connectivity index (χ3v) is 8.03. The van der Waals surface area contributed by atoms with Crippen LogP contribution in [-0.4, -0.2) is 24.1 Å². The second-order valence-electron chi connectivity index (χ2n) is 7.23. The summed E-state index contributed by atoms with van der Waals surface area (Å²) in [6.45, 7) is 11.7. The summed E-state index contributed by atoms with van der Waals surface area (Å²) in [6.07, 6.45) is 1.76. The number of nitrogens with zero attached hydrogens (tertiary/aromatic N) is 2. The fourth-order valence-electron chi connectivity index (χ4n) is 2.94. The van der Waals surface area contributed by atoms with Crippen LogP contribution in [0.4, 0.5) is 0 Å². The average Bonchev–Trinajstić information content (AvgIpc) is 2.98. The largest absolute Gasteiger partial charge is 0.312 e. The van der Waals surface area contributed by atoms with E-state index in [-0.39, 0.29) is 10.5 Å². The van der Waals surface area contributed by atoms with Crippen LogP contribution in [0.3, 0.4) is 0 Å². The lowest BCUT2D eigenvalue weighted by Crippen LogP contribution is -2.17. The van der Waals surface area contributed by atoms with Gasteiger partial charge in [0.05, 0.1) is 20.4 Å². The Morgan fingerprint density at radius 2 is 1.90 bits per heavy atom. The summed E-state index contributed by atoms with van der Waals surface area (Å²) >= 11 is 1.43. The molecule has 7 heteroatoms. The molecule has 0 radical (unpaired) electrons. The first-order chi connectivity index (χ1) is 13.6. The van der Waals surface area contributed by atoms with E-state index >= 15 is 0 Å². The van der Waals surface area contributed by atoms with E-state index in [0.717, 1.165) is 15.8 Å². The molecule has 3 rings (SSSR count). The smallest absolute Gasteiger partial charge is 0.279 e. The Bertz CT molecular complexity index is 1280. The Hall–Kier alpha value is -2.51. The highest BCUT2D eigenvalue weighted by Crippen LogP contribution is 2.22. The van der Waals surface area contributed by atoms with Crippen LogP contribution in [0.15, 0.2) is 58.9 Å². The quantitative estimate of drug-likeness (QED) is 0.565. The van der Waals surface area contributed by atoms with E-state index in [1.54, 1.807) is 32.1 Å². The molecule has 1 aromatic heterocycles. The molecule has 0 saturated heterocycles. The van der Waals surface area contributed by atoms with Crippen LogP contribution in [0.1, 0.15) is 35.3 Å². The van der Waals surface area contributed by atoms with E-state index in [9.17, 15) is 13.2 Å². The number of carbonyl (C=O) groups is 1. The van der Waals surface area contributed by atoms with Gasteiger partial charge in [0, 0.05) is 12.1 Å². The van der Waals surface area contributed by atoms with Gasteiger partial charge in [0.15, 0.2) is 14.6 Å². The fraction of sp³-hybridized carbons (Fsp3) is 0.273. The van der Waals surface area contributed by atoms with Crippen LogP contribution in [0, 0.1) is 13.8 Å². The van der Waals surface area contributed by atoms with Gasteiger partial charge < -0.3 is 4.57 Å². The summed E-state index contributed by atoms with van der Waals surface area (Å²) in [5.74, 6) is -0.469. The maximum atomic E-state index is 12.8. The molecule has 0 unspecified atom stereocenters.